The van der Waals surface area contributed by atoms with Crippen molar-refractivity contribution in [2.45, 2.75) is 18.8 Å². The molecule has 1 aliphatic rings. The van der Waals surface area contributed by atoms with Crippen LogP contribution in [-0.2, 0) is 0 Å². The van der Waals surface area contributed by atoms with E-state index in [0.717, 1.165) is 5.01 Å². The SMILES string of the molecule is OB(O)c1csc(C2CC2)n1. The minimum Gasteiger partial charge on any atom is -0.422 e. The Morgan fingerprint density at radius 3 is 2.73 bits per heavy atom. The first kappa shape index (κ1) is 7.27. The highest BCUT2D eigenvalue weighted by atomic mass is 32.1. The quantitative estimate of drug-likeness (QED) is 0.597. The Morgan fingerprint density at radius 1 is 1.55 bits per heavy atom. The van der Waals surface area contributed by atoms with Crippen molar-refractivity contribution in [3.05, 3.63) is 10.4 Å². The molecule has 0 spiro atoms. The summed E-state index contributed by atoms with van der Waals surface area (Å²) in [4.78, 5) is 4.09. The van der Waals surface area contributed by atoms with Crippen molar-refractivity contribution >= 4 is 24.0 Å². The summed E-state index contributed by atoms with van der Waals surface area (Å²) in [6, 6.07) is 0. The van der Waals surface area contributed by atoms with E-state index >= 15 is 0 Å². The Hall–Kier alpha value is -0.385. The van der Waals surface area contributed by atoms with Crippen LogP contribution in [0.15, 0.2) is 5.38 Å². The van der Waals surface area contributed by atoms with Crippen LogP contribution in [-0.4, -0.2) is 22.2 Å². The fourth-order valence-corrected chi connectivity index (χ4v) is 1.94. The molecule has 5 heteroatoms. The van der Waals surface area contributed by atoms with Gasteiger partial charge in [0.15, 0.2) is 0 Å². The fourth-order valence-electron chi connectivity index (χ4n) is 0.937. The van der Waals surface area contributed by atoms with Crippen molar-refractivity contribution in [2.24, 2.45) is 0 Å². The summed E-state index contributed by atoms with van der Waals surface area (Å²) in [5.41, 5.74) is 0.386. The Labute approximate surface area is 68.9 Å². The van der Waals surface area contributed by atoms with Gasteiger partial charge >= 0.3 is 7.12 Å². The van der Waals surface area contributed by atoms with Gasteiger partial charge in [-0.1, -0.05) is 0 Å². The highest BCUT2D eigenvalue weighted by Crippen LogP contribution is 2.40. The predicted molar refractivity (Wildman–Crippen MR) is 43.9 cm³/mol. The molecule has 2 rings (SSSR count). The summed E-state index contributed by atoms with van der Waals surface area (Å²) in [6.45, 7) is 0. The van der Waals surface area contributed by atoms with Gasteiger partial charge in [-0.05, 0) is 12.8 Å². The average Bonchev–Trinajstić information content (AvgIpc) is 2.68. The third kappa shape index (κ3) is 1.45. The van der Waals surface area contributed by atoms with E-state index in [1.807, 2.05) is 0 Å². The normalized spacial score (nSPS) is 16.9. The van der Waals surface area contributed by atoms with E-state index < -0.39 is 7.12 Å². The molecule has 1 fully saturated rings. The smallest absolute Gasteiger partial charge is 0.422 e. The van der Waals surface area contributed by atoms with Gasteiger partial charge in [0, 0.05) is 11.3 Å². The molecule has 1 saturated carbocycles. The molecular weight excluding hydrogens is 161 g/mol. The van der Waals surface area contributed by atoms with Gasteiger partial charge in [-0.3, -0.25) is 0 Å². The second-order valence-corrected chi connectivity index (χ2v) is 3.65. The minimum absolute atomic E-state index is 0.386. The fraction of sp³-hybridized carbons (Fsp3) is 0.500. The van der Waals surface area contributed by atoms with E-state index in [0.29, 0.717) is 11.5 Å². The van der Waals surface area contributed by atoms with Crippen molar-refractivity contribution < 1.29 is 10.0 Å². The Morgan fingerprint density at radius 2 is 2.27 bits per heavy atom. The van der Waals surface area contributed by atoms with Crippen molar-refractivity contribution in [2.75, 3.05) is 0 Å². The number of aromatic nitrogens is 1. The van der Waals surface area contributed by atoms with Gasteiger partial charge in [-0.25, -0.2) is 4.98 Å². The van der Waals surface area contributed by atoms with Crippen LogP contribution in [0.4, 0.5) is 0 Å². The van der Waals surface area contributed by atoms with Crippen molar-refractivity contribution in [1.29, 1.82) is 0 Å². The van der Waals surface area contributed by atoms with E-state index in [1.54, 1.807) is 5.38 Å². The molecule has 1 aromatic rings. The number of hydrogen-bond acceptors (Lipinski definition) is 4. The Kier molecular flexibility index (Phi) is 1.71. The molecule has 1 heterocycles. The summed E-state index contributed by atoms with van der Waals surface area (Å²) < 4.78 is 0. The molecule has 0 bridgehead atoms. The highest BCUT2D eigenvalue weighted by Gasteiger charge is 2.28. The van der Waals surface area contributed by atoms with Crippen molar-refractivity contribution in [3.8, 4) is 0 Å². The summed E-state index contributed by atoms with van der Waals surface area (Å²) in [6.07, 6.45) is 2.41. The van der Waals surface area contributed by atoms with Gasteiger partial charge in [0.2, 0.25) is 0 Å². The van der Waals surface area contributed by atoms with Crippen LogP contribution in [0.1, 0.15) is 23.8 Å². The maximum Gasteiger partial charge on any atom is 0.509 e. The summed E-state index contributed by atoms with van der Waals surface area (Å²) in [5, 5.41) is 20.2. The van der Waals surface area contributed by atoms with E-state index in [1.165, 1.54) is 24.2 Å². The molecule has 11 heavy (non-hydrogen) atoms. The van der Waals surface area contributed by atoms with Crippen LogP contribution >= 0.6 is 11.3 Å². The molecule has 0 aliphatic heterocycles. The monoisotopic (exact) mass is 169 g/mol. The van der Waals surface area contributed by atoms with Gasteiger partial charge in [0.05, 0.1) is 10.6 Å². The van der Waals surface area contributed by atoms with Gasteiger partial charge in [-0.2, -0.15) is 0 Å². The third-order valence-corrected chi connectivity index (χ3v) is 2.76. The summed E-state index contributed by atoms with van der Waals surface area (Å²) in [5.74, 6) is 0.604. The van der Waals surface area contributed by atoms with Crippen LogP contribution in [0.3, 0.4) is 0 Å². The molecule has 0 unspecified atom stereocenters. The first-order valence-electron chi connectivity index (χ1n) is 3.59. The van der Waals surface area contributed by atoms with E-state index in [2.05, 4.69) is 4.98 Å². The third-order valence-electron chi connectivity index (χ3n) is 1.73. The van der Waals surface area contributed by atoms with Gasteiger partial charge < -0.3 is 10.0 Å². The molecule has 3 nitrogen and oxygen atoms in total. The van der Waals surface area contributed by atoms with Crippen LogP contribution in [0.2, 0.25) is 0 Å². The van der Waals surface area contributed by atoms with Crippen LogP contribution < -0.4 is 5.59 Å². The second-order valence-electron chi connectivity index (χ2n) is 2.76. The summed E-state index contributed by atoms with van der Waals surface area (Å²) >= 11 is 1.52. The average molecular weight is 169 g/mol. The minimum atomic E-state index is -1.40. The molecule has 0 aromatic carbocycles. The molecule has 0 radical (unpaired) electrons. The van der Waals surface area contributed by atoms with Crippen molar-refractivity contribution in [3.63, 3.8) is 0 Å². The lowest BCUT2D eigenvalue weighted by molar-refractivity contribution is 0.424. The highest BCUT2D eigenvalue weighted by molar-refractivity contribution is 7.10. The maximum absolute atomic E-state index is 8.74. The Bertz CT molecular complexity index is 242. The first-order chi connectivity index (χ1) is 5.27. The van der Waals surface area contributed by atoms with Crippen LogP contribution in [0.25, 0.3) is 0 Å². The zero-order valence-electron chi connectivity index (χ0n) is 5.90. The van der Waals surface area contributed by atoms with Crippen LogP contribution in [0.5, 0.6) is 0 Å². The van der Waals surface area contributed by atoms with Crippen LogP contribution in [0, 0.1) is 0 Å². The Balaban J connectivity index is 2.18. The molecule has 2 N–H and O–H groups in total. The molecule has 1 aromatic heterocycles. The second kappa shape index (κ2) is 2.58. The van der Waals surface area contributed by atoms with E-state index in [-0.39, 0.29) is 0 Å². The van der Waals surface area contributed by atoms with E-state index in [9.17, 15) is 0 Å². The number of nitrogens with zero attached hydrogens (tertiary/aromatic N) is 1. The predicted octanol–water partition coefficient (Wildman–Crippen LogP) is -0.300. The first-order valence-corrected chi connectivity index (χ1v) is 4.47. The molecular formula is C6H8BNO2S. The van der Waals surface area contributed by atoms with Gasteiger partial charge in [0.25, 0.3) is 0 Å². The molecule has 0 amide bonds. The molecule has 0 saturated heterocycles. The van der Waals surface area contributed by atoms with Crippen molar-refractivity contribution in [1.82, 2.24) is 4.98 Å². The largest absolute Gasteiger partial charge is 0.509 e. The van der Waals surface area contributed by atoms with E-state index in [4.69, 9.17) is 10.0 Å². The topological polar surface area (TPSA) is 53.4 Å². The van der Waals surface area contributed by atoms with Gasteiger partial charge in [-0.15, -0.1) is 11.3 Å². The number of rotatable bonds is 2. The zero-order valence-corrected chi connectivity index (χ0v) is 6.71. The lowest BCUT2D eigenvalue weighted by Crippen LogP contribution is -2.30. The van der Waals surface area contributed by atoms with Gasteiger partial charge in [0.1, 0.15) is 0 Å². The lowest BCUT2D eigenvalue weighted by atomic mass is 9.88. The molecule has 0 atom stereocenters. The number of thiazole rings is 1. The maximum atomic E-state index is 8.74. The zero-order chi connectivity index (χ0) is 7.84. The molecule has 1 aliphatic carbocycles. The standard InChI is InChI=1S/C6H8BNO2S/c9-7(10)5-3-11-6(8-5)4-1-2-4/h3-4,9-10H,1-2H2. The summed E-state index contributed by atoms with van der Waals surface area (Å²) in [7, 11) is -1.40. The molecule has 58 valence electrons. The number of hydrogen-bond donors (Lipinski definition) is 2. The lowest BCUT2D eigenvalue weighted by Gasteiger charge is -1.89.